The zero-order chi connectivity index (χ0) is 13.0. The molecule has 1 heterocycles. The van der Waals surface area contributed by atoms with Crippen molar-refractivity contribution in [2.75, 3.05) is 25.0 Å². The molecule has 1 aliphatic heterocycles. The smallest absolute Gasteiger partial charge is 0.253 e. The number of amides is 1. The summed E-state index contributed by atoms with van der Waals surface area (Å²) in [6, 6.07) is 7.40. The van der Waals surface area contributed by atoms with Gasteiger partial charge in [-0.25, -0.2) is 0 Å². The van der Waals surface area contributed by atoms with E-state index in [1.165, 1.54) is 0 Å². The fraction of sp³-hybridized carbons (Fsp3) is 0.500. The molecule has 3 nitrogen and oxygen atoms in total. The van der Waals surface area contributed by atoms with E-state index in [2.05, 4.69) is 15.9 Å². The molecule has 0 radical (unpaired) electrons. The number of halogens is 1. The first kappa shape index (κ1) is 13.4. The van der Waals surface area contributed by atoms with Crippen molar-refractivity contribution in [1.82, 2.24) is 4.90 Å². The van der Waals surface area contributed by atoms with Crippen molar-refractivity contribution in [2.45, 2.75) is 13.3 Å². The first-order valence-electron chi connectivity index (χ1n) is 6.32. The molecule has 1 fully saturated rings. The van der Waals surface area contributed by atoms with Crippen LogP contribution in [0.1, 0.15) is 23.7 Å². The number of nitrogens with zero attached hydrogens (tertiary/aromatic N) is 1. The van der Waals surface area contributed by atoms with Crippen molar-refractivity contribution in [3.8, 4) is 5.75 Å². The van der Waals surface area contributed by atoms with Crippen molar-refractivity contribution in [3.05, 3.63) is 29.8 Å². The fourth-order valence-corrected chi connectivity index (χ4v) is 2.71. The second-order valence-electron chi connectivity index (χ2n) is 4.52. The summed E-state index contributed by atoms with van der Waals surface area (Å²) in [7, 11) is 0. The molecule has 1 aromatic carbocycles. The van der Waals surface area contributed by atoms with E-state index in [0.717, 1.165) is 36.2 Å². The second-order valence-corrected chi connectivity index (χ2v) is 5.17. The van der Waals surface area contributed by atoms with Crippen LogP contribution in [0.5, 0.6) is 5.75 Å². The Bertz CT molecular complexity index is 405. The maximum Gasteiger partial charge on any atom is 0.253 e. The Kier molecular flexibility index (Phi) is 4.64. The van der Waals surface area contributed by atoms with Crippen molar-refractivity contribution in [2.24, 2.45) is 5.92 Å². The summed E-state index contributed by atoms with van der Waals surface area (Å²) in [5.41, 5.74) is 0.744. The van der Waals surface area contributed by atoms with Crippen LogP contribution in [0.2, 0.25) is 0 Å². The van der Waals surface area contributed by atoms with Crippen LogP contribution >= 0.6 is 15.9 Å². The Balaban J connectivity index is 2.00. The van der Waals surface area contributed by atoms with Gasteiger partial charge in [0.05, 0.1) is 6.61 Å². The van der Waals surface area contributed by atoms with Gasteiger partial charge in [-0.3, -0.25) is 4.79 Å². The molecule has 2 rings (SSSR count). The molecular weight excluding hydrogens is 294 g/mol. The number of hydrogen-bond donors (Lipinski definition) is 0. The van der Waals surface area contributed by atoms with E-state index in [9.17, 15) is 4.79 Å². The molecule has 0 bridgehead atoms. The molecule has 18 heavy (non-hydrogen) atoms. The zero-order valence-electron chi connectivity index (χ0n) is 10.6. The first-order valence-corrected chi connectivity index (χ1v) is 7.44. The third-order valence-electron chi connectivity index (χ3n) is 3.20. The predicted molar refractivity (Wildman–Crippen MR) is 75.4 cm³/mol. The van der Waals surface area contributed by atoms with Gasteiger partial charge in [-0.05, 0) is 43.5 Å². The van der Waals surface area contributed by atoms with E-state index in [0.29, 0.717) is 12.5 Å². The number of rotatable bonds is 4. The first-order chi connectivity index (χ1) is 8.74. The number of likely N-dealkylation sites (tertiary alicyclic amines) is 1. The van der Waals surface area contributed by atoms with Crippen LogP contribution in [0.4, 0.5) is 0 Å². The number of carbonyl (C=O) groups is 1. The summed E-state index contributed by atoms with van der Waals surface area (Å²) in [5.74, 6) is 1.53. The third kappa shape index (κ3) is 3.05. The summed E-state index contributed by atoms with van der Waals surface area (Å²) in [6.45, 7) is 4.32. The summed E-state index contributed by atoms with van der Waals surface area (Å²) >= 11 is 3.48. The normalized spacial score (nSPS) is 19.0. The number of ether oxygens (including phenoxy) is 1. The predicted octanol–water partition coefficient (Wildman–Crippen LogP) is 2.94. The van der Waals surface area contributed by atoms with Crippen LogP contribution in [0.3, 0.4) is 0 Å². The van der Waals surface area contributed by atoms with Crippen molar-refractivity contribution >= 4 is 21.8 Å². The van der Waals surface area contributed by atoms with Crippen LogP contribution in [-0.4, -0.2) is 35.8 Å². The summed E-state index contributed by atoms with van der Waals surface area (Å²) in [4.78, 5) is 14.2. The van der Waals surface area contributed by atoms with Crippen LogP contribution < -0.4 is 4.74 Å². The lowest BCUT2D eigenvalue weighted by molar-refractivity contribution is 0.0788. The van der Waals surface area contributed by atoms with Gasteiger partial charge in [0.1, 0.15) is 5.75 Å². The zero-order valence-corrected chi connectivity index (χ0v) is 12.1. The molecule has 1 aromatic rings. The van der Waals surface area contributed by atoms with Gasteiger partial charge in [0.15, 0.2) is 0 Å². The van der Waals surface area contributed by atoms with Crippen LogP contribution in [0.25, 0.3) is 0 Å². The molecule has 1 amide bonds. The maximum absolute atomic E-state index is 12.2. The second kappa shape index (κ2) is 6.23. The molecule has 1 atom stereocenters. The van der Waals surface area contributed by atoms with E-state index in [-0.39, 0.29) is 5.91 Å². The molecule has 0 N–H and O–H groups in total. The van der Waals surface area contributed by atoms with Gasteiger partial charge in [0.25, 0.3) is 5.91 Å². The van der Waals surface area contributed by atoms with Gasteiger partial charge in [-0.15, -0.1) is 0 Å². The van der Waals surface area contributed by atoms with E-state index in [4.69, 9.17) is 4.74 Å². The van der Waals surface area contributed by atoms with Crippen molar-refractivity contribution in [1.29, 1.82) is 0 Å². The van der Waals surface area contributed by atoms with Gasteiger partial charge in [0, 0.05) is 24.0 Å². The summed E-state index contributed by atoms with van der Waals surface area (Å²) in [6.07, 6.45) is 1.09. The van der Waals surface area contributed by atoms with Crippen molar-refractivity contribution in [3.63, 3.8) is 0 Å². The van der Waals surface area contributed by atoms with Gasteiger partial charge in [0.2, 0.25) is 0 Å². The lowest BCUT2D eigenvalue weighted by Crippen LogP contribution is -2.28. The number of benzene rings is 1. The minimum absolute atomic E-state index is 0.126. The van der Waals surface area contributed by atoms with Crippen LogP contribution in [0.15, 0.2) is 24.3 Å². The van der Waals surface area contributed by atoms with E-state index < -0.39 is 0 Å². The Morgan fingerprint density at radius 1 is 1.44 bits per heavy atom. The van der Waals surface area contributed by atoms with E-state index in [1.807, 2.05) is 36.1 Å². The minimum Gasteiger partial charge on any atom is -0.494 e. The highest BCUT2D eigenvalue weighted by atomic mass is 79.9. The Labute approximate surface area is 116 Å². The molecule has 0 aliphatic carbocycles. The molecule has 98 valence electrons. The SMILES string of the molecule is CCOc1ccc(C(=O)N2CCC(CBr)C2)cc1. The Hall–Kier alpha value is -1.03. The van der Waals surface area contributed by atoms with Gasteiger partial charge >= 0.3 is 0 Å². The third-order valence-corrected chi connectivity index (χ3v) is 4.12. The maximum atomic E-state index is 12.2. The van der Waals surface area contributed by atoms with Gasteiger partial charge in [-0.1, -0.05) is 15.9 Å². The lowest BCUT2D eigenvalue weighted by Gasteiger charge is -2.16. The van der Waals surface area contributed by atoms with Gasteiger partial charge < -0.3 is 9.64 Å². The van der Waals surface area contributed by atoms with Crippen molar-refractivity contribution < 1.29 is 9.53 Å². The molecule has 0 aromatic heterocycles. The average molecular weight is 312 g/mol. The molecule has 0 spiro atoms. The molecule has 0 saturated carbocycles. The fourth-order valence-electron chi connectivity index (χ4n) is 2.19. The number of carbonyl (C=O) groups excluding carboxylic acids is 1. The Morgan fingerprint density at radius 3 is 2.72 bits per heavy atom. The van der Waals surface area contributed by atoms with E-state index in [1.54, 1.807) is 0 Å². The van der Waals surface area contributed by atoms with Gasteiger partial charge in [-0.2, -0.15) is 0 Å². The quantitative estimate of drug-likeness (QED) is 0.800. The summed E-state index contributed by atoms with van der Waals surface area (Å²) < 4.78 is 5.37. The minimum atomic E-state index is 0.126. The molecule has 4 heteroatoms. The monoisotopic (exact) mass is 311 g/mol. The number of hydrogen-bond acceptors (Lipinski definition) is 2. The van der Waals surface area contributed by atoms with Crippen LogP contribution in [0, 0.1) is 5.92 Å². The lowest BCUT2D eigenvalue weighted by atomic mass is 10.1. The van der Waals surface area contributed by atoms with Crippen LogP contribution in [-0.2, 0) is 0 Å². The standard InChI is InChI=1S/C14H18BrNO2/c1-2-18-13-5-3-12(4-6-13)14(17)16-8-7-11(9-15)10-16/h3-6,11H,2,7-10H2,1H3. The molecule has 1 unspecified atom stereocenters. The Morgan fingerprint density at radius 2 is 2.17 bits per heavy atom. The largest absolute Gasteiger partial charge is 0.494 e. The molecule has 1 saturated heterocycles. The summed E-state index contributed by atoms with van der Waals surface area (Å²) in [5, 5.41) is 0.972. The topological polar surface area (TPSA) is 29.5 Å². The molecular formula is C14H18BrNO2. The van der Waals surface area contributed by atoms with E-state index >= 15 is 0 Å². The highest BCUT2D eigenvalue weighted by Crippen LogP contribution is 2.21. The molecule has 1 aliphatic rings. The highest BCUT2D eigenvalue weighted by Gasteiger charge is 2.25. The average Bonchev–Trinajstić information content (AvgIpc) is 2.88. The highest BCUT2D eigenvalue weighted by molar-refractivity contribution is 9.09. The number of alkyl halides is 1.